The lowest BCUT2D eigenvalue weighted by Gasteiger charge is -2.48. The number of phenolic OH excluding ortho intramolecular Hbond substituents is 1. The van der Waals surface area contributed by atoms with E-state index in [0.717, 1.165) is 24.8 Å². The topological polar surface area (TPSA) is 105 Å². The van der Waals surface area contributed by atoms with E-state index in [2.05, 4.69) is 36.5 Å². The highest BCUT2D eigenvalue weighted by Crippen LogP contribution is 2.55. The smallest absolute Gasteiger partial charge is 0.259 e. The molecule has 1 aromatic heterocycles. The summed E-state index contributed by atoms with van der Waals surface area (Å²) in [6.07, 6.45) is 6.41. The Labute approximate surface area is 188 Å². The quantitative estimate of drug-likeness (QED) is 0.658. The molecule has 1 aliphatic carbocycles. The zero-order valence-corrected chi connectivity index (χ0v) is 19.1. The van der Waals surface area contributed by atoms with E-state index in [9.17, 15) is 14.7 Å². The molecule has 0 saturated heterocycles. The van der Waals surface area contributed by atoms with Gasteiger partial charge in [-0.2, -0.15) is 5.10 Å². The number of rotatable bonds is 5. The largest absolute Gasteiger partial charge is 0.507 e. The van der Waals surface area contributed by atoms with Gasteiger partial charge in [0, 0.05) is 31.1 Å². The van der Waals surface area contributed by atoms with Gasteiger partial charge < -0.3 is 20.5 Å². The lowest BCUT2D eigenvalue weighted by molar-refractivity contribution is -0.119. The number of phenols is 1. The van der Waals surface area contributed by atoms with Gasteiger partial charge in [-0.15, -0.1) is 0 Å². The van der Waals surface area contributed by atoms with Crippen molar-refractivity contribution in [1.29, 1.82) is 0 Å². The molecular weight excluding hydrogens is 408 g/mol. The molecular formula is C24H32N4O4. The van der Waals surface area contributed by atoms with Gasteiger partial charge in [-0.1, -0.05) is 13.3 Å². The van der Waals surface area contributed by atoms with Crippen LogP contribution >= 0.6 is 0 Å². The molecule has 1 aromatic carbocycles. The Balaban J connectivity index is 1.54. The van der Waals surface area contributed by atoms with Gasteiger partial charge in [0.25, 0.3) is 5.91 Å². The Morgan fingerprint density at radius 2 is 2.09 bits per heavy atom. The van der Waals surface area contributed by atoms with E-state index in [1.165, 1.54) is 6.92 Å². The number of amides is 2. The Morgan fingerprint density at radius 1 is 1.31 bits per heavy atom. The predicted molar refractivity (Wildman–Crippen MR) is 121 cm³/mol. The Bertz CT molecular complexity index is 1030. The molecule has 172 valence electrons. The molecule has 8 nitrogen and oxygen atoms in total. The first kappa shape index (κ1) is 22.2. The summed E-state index contributed by atoms with van der Waals surface area (Å²) in [7, 11) is 0. The maximum atomic E-state index is 13.0. The second kappa shape index (κ2) is 8.48. The zero-order chi connectivity index (χ0) is 23.0. The maximum Gasteiger partial charge on any atom is 0.259 e. The fourth-order valence-corrected chi connectivity index (χ4v) is 5.21. The summed E-state index contributed by atoms with van der Waals surface area (Å²) in [5.74, 6) is 1.23. The molecule has 2 aromatic rings. The molecule has 0 unspecified atom stereocenters. The van der Waals surface area contributed by atoms with Gasteiger partial charge in [0.15, 0.2) is 0 Å². The van der Waals surface area contributed by atoms with Gasteiger partial charge in [0.1, 0.15) is 17.1 Å². The average molecular weight is 441 g/mol. The van der Waals surface area contributed by atoms with Crippen molar-refractivity contribution >= 4 is 17.5 Å². The molecule has 1 fully saturated rings. The van der Waals surface area contributed by atoms with Crippen LogP contribution in [0.5, 0.6) is 11.5 Å². The van der Waals surface area contributed by atoms with Gasteiger partial charge in [-0.05, 0) is 50.7 Å². The zero-order valence-electron chi connectivity index (χ0n) is 19.1. The number of carbonyl (C=O) groups is 2. The molecule has 1 aliphatic heterocycles. The first-order valence-corrected chi connectivity index (χ1v) is 11.3. The fraction of sp³-hybridized carbons (Fsp3) is 0.542. The van der Waals surface area contributed by atoms with Gasteiger partial charge in [-0.3, -0.25) is 14.3 Å². The van der Waals surface area contributed by atoms with Crippen LogP contribution < -0.4 is 15.4 Å². The number of carbonyl (C=O) groups excluding carboxylic acids is 2. The van der Waals surface area contributed by atoms with Crippen molar-refractivity contribution in [3.63, 3.8) is 0 Å². The third-order valence-electron chi connectivity index (χ3n) is 6.78. The van der Waals surface area contributed by atoms with Gasteiger partial charge >= 0.3 is 0 Å². The van der Waals surface area contributed by atoms with Crippen LogP contribution in [0.3, 0.4) is 0 Å². The highest BCUT2D eigenvalue weighted by molar-refractivity contribution is 6.06. The second-order valence-electron chi connectivity index (χ2n) is 9.64. The monoisotopic (exact) mass is 440 g/mol. The lowest BCUT2D eigenvalue weighted by Crippen LogP contribution is -2.46. The van der Waals surface area contributed by atoms with E-state index in [-0.39, 0.29) is 28.7 Å². The van der Waals surface area contributed by atoms with E-state index >= 15 is 0 Å². The van der Waals surface area contributed by atoms with Crippen molar-refractivity contribution in [2.24, 2.45) is 11.8 Å². The third-order valence-corrected chi connectivity index (χ3v) is 6.78. The van der Waals surface area contributed by atoms with E-state index < -0.39 is 5.91 Å². The Kier molecular flexibility index (Phi) is 5.88. The van der Waals surface area contributed by atoms with Crippen molar-refractivity contribution in [3.8, 4) is 11.5 Å². The Hall–Kier alpha value is -3.03. The molecule has 0 bridgehead atoms. The van der Waals surface area contributed by atoms with Gasteiger partial charge in [-0.25, -0.2) is 0 Å². The van der Waals surface area contributed by atoms with Crippen molar-refractivity contribution in [2.45, 2.75) is 65.0 Å². The number of aromatic hydroxyl groups is 1. The fourth-order valence-electron chi connectivity index (χ4n) is 5.21. The summed E-state index contributed by atoms with van der Waals surface area (Å²) >= 11 is 0. The molecule has 3 atom stereocenters. The number of hydrogen-bond acceptors (Lipinski definition) is 5. The number of ether oxygens (including phenoxy) is 1. The molecule has 32 heavy (non-hydrogen) atoms. The van der Waals surface area contributed by atoms with Gasteiger partial charge in [0.2, 0.25) is 5.91 Å². The van der Waals surface area contributed by atoms with E-state index in [1.54, 1.807) is 29.2 Å². The third kappa shape index (κ3) is 4.31. The van der Waals surface area contributed by atoms with Crippen LogP contribution in [0.2, 0.25) is 0 Å². The van der Waals surface area contributed by atoms with Crippen molar-refractivity contribution in [3.05, 3.63) is 35.7 Å². The maximum absolute atomic E-state index is 13.0. The van der Waals surface area contributed by atoms with Crippen LogP contribution in [0.15, 0.2) is 24.5 Å². The molecule has 2 amide bonds. The van der Waals surface area contributed by atoms with Crippen LogP contribution in [0.1, 0.15) is 68.8 Å². The molecule has 3 N–H and O–H groups in total. The summed E-state index contributed by atoms with van der Waals surface area (Å²) in [5, 5.41) is 20.9. The van der Waals surface area contributed by atoms with Crippen LogP contribution in [0.25, 0.3) is 0 Å². The number of fused-ring (bicyclic) bond motifs is 3. The minimum absolute atomic E-state index is 0.0117. The number of nitrogens with zero attached hydrogens (tertiary/aromatic N) is 2. The Morgan fingerprint density at radius 3 is 2.84 bits per heavy atom. The minimum atomic E-state index is -0.392. The van der Waals surface area contributed by atoms with Crippen molar-refractivity contribution in [1.82, 2.24) is 15.1 Å². The van der Waals surface area contributed by atoms with E-state index in [0.29, 0.717) is 36.4 Å². The number of aromatic nitrogens is 2. The van der Waals surface area contributed by atoms with Crippen molar-refractivity contribution < 1.29 is 19.4 Å². The number of anilines is 1. The standard InChI is InChI=1S/C24H32N4O4/c1-14-5-7-19-18(11-14)21-20(32-24(19,3)4)8-6-17(22(21)30)23(31)27-16-12-26-28(13-16)10-9-25-15(2)29/h6,8,12-14,18-19,30H,5,7,9-11H2,1-4H3,(H,25,29)(H,27,31)/t14-,18-,19-/m1/s1. The van der Waals surface area contributed by atoms with Crippen LogP contribution in [-0.2, 0) is 11.3 Å². The summed E-state index contributed by atoms with van der Waals surface area (Å²) < 4.78 is 7.92. The first-order valence-electron chi connectivity index (χ1n) is 11.3. The number of nitrogens with one attached hydrogen (secondary N) is 2. The molecule has 2 aliphatic rings. The average Bonchev–Trinajstić information content (AvgIpc) is 3.14. The first-order chi connectivity index (χ1) is 15.2. The molecule has 4 rings (SSSR count). The molecule has 2 heterocycles. The molecule has 8 heteroatoms. The predicted octanol–water partition coefficient (Wildman–Crippen LogP) is 3.67. The lowest BCUT2D eigenvalue weighted by atomic mass is 9.64. The summed E-state index contributed by atoms with van der Waals surface area (Å²) in [5.41, 5.74) is 1.21. The molecule has 0 spiro atoms. The van der Waals surface area contributed by atoms with E-state index in [1.807, 2.05) is 0 Å². The minimum Gasteiger partial charge on any atom is -0.507 e. The molecule has 1 saturated carbocycles. The van der Waals surface area contributed by atoms with Crippen LogP contribution in [0.4, 0.5) is 5.69 Å². The van der Waals surface area contributed by atoms with Crippen molar-refractivity contribution in [2.75, 3.05) is 11.9 Å². The van der Waals surface area contributed by atoms with Crippen LogP contribution in [-0.4, -0.2) is 38.8 Å². The summed E-state index contributed by atoms with van der Waals surface area (Å²) in [6.45, 7) is 8.88. The molecule has 0 radical (unpaired) electrons. The summed E-state index contributed by atoms with van der Waals surface area (Å²) in [4.78, 5) is 24.0. The highest BCUT2D eigenvalue weighted by Gasteiger charge is 2.47. The second-order valence-corrected chi connectivity index (χ2v) is 9.64. The summed E-state index contributed by atoms with van der Waals surface area (Å²) in [6, 6.07) is 3.42. The van der Waals surface area contributed by atoms with Crippen LogP contribution in [0, 0.1) is 11.8 Å². The van der Waals surface area contributed by atoms with E-state index in [4.69, 9.17) is 4.74 Å². The number of hydrogen-bond donors (Lipinski definition) is 3. The number of benzene rings is 1. The SMILES string of the molecule is CC(=O)NCCn1cc(NC(=O)c2ccc3c(c2O)[C@@H]2C[C@H](C)CC[C@H]2C(C)(C)O3)cn1. The highest BCUT2D eigenvalue weighted by atomic mass is 16.5. The normalized spacial score (nSPS) is 23.4. The van der Waals surface area contributed by atoms with Gasteiger partial charge in [0.05, 0.1) is 24.0 Å².